The van der Waals surface area contributed by atoms with Gasteiger partial charge in [0.1, 0.15) is 27.0 Å². The predicted octanol–water partition coefficient (Wildman–Crippen LogP) is 2.24. The van der Waals surface area contributed by atoms with Crippen molar-refractivity contribution in [1.82, 2.24) is 0 Å². The van der Waals surface area contributed by atoms with Gasteiger partial charge in [-0.15, -0.1) is 0 Å². The molecular formula is C19H15NaO10S3. The van der Waals surface area contributed by atoms with Gasteiger partial charge < -0.3 is 4.74 Å². The summed E-state index contributed by atoms with van der Waals surface area (Å²) in [6, 6.07) is 6.76. The van der Waals surface area contributed by atoms with E-state index in [4.69, 9.17) is 4.74 Å². The Morgan fingerprint density at radius 3 is 1.45 bits per heavy atom. The molecule has 0 aliphatic carbocycles. The Morgan fingerprint density at radius 1 is 0.697 bits per heavy atom. The van der Waals surface area contributed by atoms with Crippen LogP contribution in [0.25, 0.3) is 32.3 Å². The summed E-state index contributed by atoms with van der Waals surface area (Å²) in [5, 5.41) is -0.0759. The number of hydrogen-bond acceptors (Lipinski definition) is 7. The quantitative estimate of drug-likeness (QED) is 0.148. The molecule has 170 valence electrons. The summed E-state index contributed by atoms with van der Waals surface area (Å²) < 4.78 is 107. The summed E-state index contributed by atoms with van der Waals surface area (Å²) in [7, 11) is -14.7. The van der Waals surface area contributed by atoms with Crippen LogP contribution in [0.2, 0.25) is 0 Å². The van der Waals surface area contributed by atoms with E-state index in [1.807, 2.05) is 0 Å². The fourth-order valence-electron chi connectivity index (χ4n) is 3.77. The van der Waals surface area contributed by atoms with E-state index in [9.17, 15) is 38.9 Å². The van der Waals surface area contributed by atoms with Crippen molar-refractivity contribution >= 4 is 92.2 Å². The average molecular weight is 523 g/mol. The summed E-state index contributed by atoms with van der Waals surface area (Å²) >= 11 is 0. The van der Waals surface area contributed by atoms with Crippen molar-refractivity contribution in [3.63, 3.8) is 0 Å². The van der Waals surface area contributed by atoms with Gasteiger partial charge in [0.05, 0.1) is 0 Å². The Hall–Kier alpha value is -1.81. The van der Waals surface area contributed by atoms with Crippen molar-refractivity contribution in [2.24, 2.45) is 0 Å². The Kier molecular flexibility index (Phi) is 6.60. The molecule has 4 rings (SSSR count). The SMILES string of the molecule is C=CCOc1cc(S(=O)(=O)O)c2ccc3c(S(=O)(=O)O)cc(S(=O)(=O)O)c4ccc1c2c43.[NaH]. The second-order valence-corrected chi connectivity index (χ2v) is 11.0. The fraction of sp³-hybridized carbons (Fsp3) is 0.0526. The standard InChI is InChI=1S/C19H14O10S3.Na.H/c1-2-7-29-14-8-15(30(20,21)22)11-5-6-13-17(32(26,27)28)9-16(31(23,24)25)12-4-3-10(14)18(11)19(12)13;;/h2-6,8-9H,1,7H2,(H,20,21,22)(H,23,24,25)(H,26,27,28);;. The first-order valence-corrected chi connectivity index (χ1v) is 13.0. The van der Waals surface area contributed by atoms with Crippen LogP contribution in [0, 0.1) is 0 Å². The third-order valence-electron chi connectivity index (χ3n) is 4.94. The Labute approximate surface area is 210 Å². The van der Waals surface area contributed by atoms with Crippen LogP contribution in [0.3, 0.4) is 0 Å². The van der Waals surface area contributed by atoms with E-state index in [1.165, 1.54) is 30.3 Å². The second-order valence-electron chi connectivity index (χ2n) is 6.84. The molecule has 0 spiro atoms. The average Bonchev–Trinajstić information content (AvgIpc) is 2.67. The Balaban J connectivity index is 0.00000306. The maximum absolute atomic E-state index is 12.1. The van der Waals surface area contributed by atoms with Crippen LogP contribution in [0.15, 0.2) is 63.7 Å². The van der Waals surface area contributed by atoms with Crippen molar-refractivity contribution in [3.8, 4) is 5.75 Å². The number of rotatable bonds is 6. The molecule has 33 heavy (non-hydrogen) atoms. The molecule has 0 atom stereocenters. The van der Waals surface area contributed by atoms with E-state index in [0.717, 1.165) is 6.07 Å². The first kappa shape index (κ1) is 25.8. The number of benzene rings is 4. The van der Waals surface area contributed by atoms with E-state index in [1.54, 1.807) is 0 Å². The van der Waals surface area contributed by atoms with Gasteiger partial charge in [-0.2, -0.15) is 25.3 Å². The van der Waals surface area contributed by atoms with Gasteiger partial charge in [-0.3, -0.25) is 13.7 Å². The molecule has 0 fully saturated rings. The van der Waals surface area contributed by atoms with Crippen molar-refractivity contribution in [3.05, 3.63) is 49.1 Å². The van der Waals surface area contributed by atoms with Crippen molar-refractivity contribution in [2.45, 2.75) is 14.7 Å². The van der Waals surface area contributed by atoms with Crippen LogP contribution in [-0.4, -0.2) is 75.1 Å². The van der Waals surface area contributed by atoms with E-state index < -0.39 is 45.0 Å². The van der Waals surface area contributed by atoms with Crippen molar-refractivity contribution < 1.29 is 43.6 Å². The number of hydrogen-bond donors (Lipinski definition) is 3. The van der Waals surface area contributed by atoms with Crippen LogP contribution in [-0.2, 0) is 30.4 Å². The molecule has 0 aromatic heterocycles. The van der Waals surface area contributed by atoms with Crippen LogP contribution in [0.4, 0.5) is 0 Å². The first-order chi connectivity index (χ1) is 14.7. The topological polar surface area (TPSA) is 172 Å². The second kappa shape index (κ2) is 8.45. The van der Waals surface area contributed by atoms with Gasteiger partial charge in [-0.1, -0.05) is 30.9 Å². The molecule has 4 aromatic rings. The molecule has 0 bridgehead atoms. The molecule has 4 aromatic carbocycles. The van der Waals surface area contributed by atoms with Crippen LogP contribution >= 0.6 is 0 Å². The molecule has 0 unspecified atom stereocenters. The molecule has 0 aliphatic heterocycles. The van der Waals surface area contributed by atoms with Gasteiger partial charge in [0, 0.05) is 38.4 Å². The normalized spacial score (nSPS) is 12.8. The van der Waals surface area contributed by atoms with E-state index in [2.05, 4.69) is 6.58 Å². The summed E-state index contributed by atoms with van der Waals surface area (Å²) in [4.78, 5) is -2.18. The minimum absolute atomic E-state index is 0. The molecule has 0 radical (unpaired) electrons. The minimum atomic E-state index is -4.96. The van der Waals surface area contributed by atoms with Gasteiger partial charge in [-0.05, 0) is 12.1 Å². The van der Waals surface area contributed by atoms with Crippen molar-refractivity contribution in [2.75, 3.05) is 6.61 Å². The molecule has 0 amide bonds. The first-order valence-electron chi connectivity index (χ1n) is 8.70. The molecule has 10 nitrogen and oxygen atoms in total. The zero-order valence-electron chi connectivity index (χ0n) is 15.9. The van der Waals surface area contributed by atoms with Gasteiger partial charge in [-0.25, -0.2) is 0 Å². The van der Waals surface area contributed by atoms with Gasteiger partial charge in [0.25, 0.3) is 30.4 Å². The molecule has 0 aliphatic rings. The van der Waals surface area contributed by atoms with E-state index >= 15 is 0 Å². The van der Waals surface area contributed by atoms with Crippen LogP contribution in [0.5, 0.6) is 5.75 Å². The third kappa shape index (κ3) is 4.36. The maximum atomic E-state index is 12.1. The zero-order valence-corrected chi connectivity index (χ0v) is 18.3. The third-order valence-corrected chi connectivity index (χ3v) is 7.62. The fourth-order valence-corrected chi connectivity index (χ4v) is 5.98. The summed E-state index contributed by atoms with van der Waals surface area (Å²) in [5.41, 5.74) is 0. The Bertz CT molecular complexity index is 1710. The molecular weight excluding hydrogens is 507 g/mol. The van der Waals surface area contributed by atoms with Gasteiger partial charge >= 0.3 is 29.6 Å². The van der Waals surface area contributed by atoms with Gasteiger partial charge in [0.15, 0.2) is 0 Å². The molecule has 14 heteroatoms. The summed E-state index contributed by atoms with van der Waals surface area (Å²) in [6.07, 6.45) is 1.39. The van der Waals surface area contributed by atoms with Gasteiger partial charge in [0.2, 0.25) is 0 Å². The van der Waals surface area contributed by atoms with Crippen molar-refractivity contribution in [1.29, 1.82) is 0 Å². The predicted molar refractivity (Wildman–Crippen MR) is 122 cm³/mol. The molecule has 0 saturated carbocycles. The summed E-state index contributed by atoms with van der Waals surface area (Å²) in [5.74, 6) is -0.00918. The van der Waals surface area contributed by atoms with Crippen LogP contribution in [0.1, 0.15) is 0 Å². The van der Waals surface area contributed by atoms with E-state index in [0.29, 0.717) is 6.07 Å². The molecule has 3 N–H and O–H groups in total. The number of ether oxygens (including phenoxy) is 1. The molecule has 0 saturated heterocycles. The summed E-state index contributed by atoms with van der Waals surface area (Å²) in [6.45, 7) is 3.46. The zero-order chi connectivity index (χ0) is 23.6. The molecule has 0 heterocycles. The monoisotopic (exact) mass is 522 g/mol. The Morgan fingerprint density at radius 2 is 1.06 bits per heavy atom. The van der Waals surface area contributed by atoms with E-state index in [-0.39, 0.29) is 74.2 Å². The van der Waals surface area contributed by atoms with Crippen LogP contribution < -0.4 is 4.74 Å².